The van der Waals surface area contributed by atoms with Crippen LogP contribution in [0.5, 0.6) is 11.5 Å². The second-order valence-electron chi connectivity index (χ2n) is 5.30. The number of nitrogen functional groups attached to an aromatic ring is 1. The summed E-state index contributed by atoms with van der Waals surface area (Å²) in [6.07, 6.45) is 4.59. The molecule has 2 aromatic rings. The molecule has 0 radical (unpaired) electrons. The number of anilines is 1. The fourth-order valence-electron chi connectivity index (χ4n) is 2.70. The molecule has 0 bridgehead atoms. The van der Waals surface area contributed by atoms with Gasteiger partial charge in [-0.2, -0.15) is 0 Å². The van der Waals surface area contributed by atoms with Crippen LogP contribution in [0.2, 0.25) is 0 Å². The third-order valence-electron chi connectivity index (χ3n) is 3.78. The van der Waals surface area contributed by atoms with Crippen LogP contribution >= 0.6 is 0 Å². The zero-order chi connectivity index (χ0) is 14.8. The molecule has 0 aromatic heterocycles. The van der Waals surface area contributed by atoms with Crippen molar-refractivity contribution in [1.29, 1.82) is 0 Å². The highest BCUT2D eigenvalue weighted by Gasteiger charge is 2.14. The van der Waals surface area contributed by atoms with E-state index in [0.717, 1.165) is 12.8 Å². The molecule has 0 fully saturated rings. The van der Waals surface area contributed by atoms with Crippen LogP contribution in [0.15, 0.2) is 36.4 Å². The van der Waals surface area contributed by atoms with E-state index in [2.05, 4.69) is 6.07 Å². The number of hydrogen-bond donors (Lipinski definition) is 2. The number of ether oxygens (including phenoxy) is 1. The molecule has 0 saturated heterocycles. The molecule has 0 heterocycles. The Bertz CT molecular complexity index is 694. The Kier molecular flexibility index (Phi) is 3.52. The zero-order valence-corrected chi connectivity index (χ0v) is 11.6. The molecular formula is C17H17NO3. The van der Waals surface area contributed by atoms with Crippen LogP contribution in [0.1, 0.15) is 34.3 Å². The van der Waals surface area contributed by atoms with Crippen molar-refractivity contribution < 1.29 is 14.6 Å². The summed E-state index contributed by atoms with van der Waals surface area (Å²) in [6, 6.07) is 10.6. The summed E-state index contributed by atoms with van der Waals surface area (Å²) in [7, 11) is 0. The number of rotatable bonds is 3. The van der Waals surface area contributed by atoms with Gasteiger partial charge in [0, 0.05) is 5.69 Å². The molecule has 108 valence electrons. The molecule has 0 atom stereocenters. The number of carbonyl (C=O) groups is 1. The Morgan fingerprint density at radius 3 is 2.57 bits per heavy atom. The molecule has 1 aliphatic carbocycles. The first-order chi connectivity index (χ1) is 10.1. The van der Waals surface area contributed by atoms with E-state index in [1.807, 2.05) is 12.1 Å². The number of nitrogens with two attached hydrogens (primary N) is 1. The highest BCUT2D eigenvalue weighted by molar-refractivity contribution is 5.92. The van der Waals surface area contributed by atoms with Crippen molar-refractivity contribution in [2.45, 2.75) is 25.7 Å². The van der Waals surface area contributed by atoms with Crippen molar-refractivity contribution in [2.75, 3.05) is 5.73 Å². The van der Waals surface area contributed by atoms with Gasteiger partial charge < -0.3 is 15.6 Å². The van der Waals surface area contributed by atoms with Crippen LogP contribution in [-0.4, -0.2) is 11.1 Å². The average Bonchev–Trinajstić information content (AvgIpc) is 2.49. The molecule has 0 saturated carbocycles. The summed E-state index contributed by atoms with van der Waals surface area (Å²) in [5, 5.41) is 9.22. The van der Waals surface area contributed by atoms with Crippen LogP contribution in [0.3, 0.4) is 0 Å². The smallest absolute Gasteiger partial charge is 0.339 e. The number of aromatic carboxylic acids is 1. The number of aryl methyl sites for hydroxylation is 2. The minimum absolute atomic E-state index is 0.0766. The van der Waals surface area contributed by atoms with Crippen molar-refractivity contribution in [2.24, 2.45) is 0 Å². The van der Waals surface area contributed by atoms with Crippen LogP contribution in [-0.2, 0) is 12.8 Å². The predicted octanol–water partition coefficient (Wildman–Crippen LogP) is 3.64. The summed E-state index contributed by atoms with van der Waals surface area (Å²) < 4.78 is 5.76. The third kappa shape index (κ3) is 2.84. The summed E-state index contributed by atoms with van der Waals surface area (Å²) >= 11 is 0. The molecule has 3 rings (SSSR count). The Morgan fingerprint density at radius 2 is 1.81 bits per heavy atom. The van der Waals surface area contributed by atoms with E-state index >= 15 is 0 Å². The van der Waals surface area contributed by atoms with Gasteiger partial charge in [0.15, 0.2) is 0 Å². The quantitative estimate of drug-likeness (QED) is 0.843. The highest BCUT2D eigenvalue weighted by atomic mass is 16.5. The van der Waals surface area contributed by atoms with Gasteiger partial charge in [-0.15, -0.1) is 0 Å². The molecule has 2 aromatic carbocycles. The van der Waals surface area contributed by atoms with Crippen LogP contribution < -0.4 is 10.5 Å². The summed E-state index contributed by atoms with van der Waals surface area (Å²) in [5.74, 6) is -0.0642. The second kappa shape index (κ2) is 5.48. The van der Waals surface area contributed by atoms with Gasteiger partial charge >= 0.3 is 5.97 Å². The lowest BCUT2D eigenvalue weighted by Gasteiger charge is -2.17. The minimum atomic E-state index is -1.05. The van der Waals surface area contributed by atoms with E-state index < -0.39 is 5.97 Å². The van der Waals surface area contributed by atoms with Gasteiger partial charge in [0.2, 0.25) is 0 Å². The molecule has 0 spiro atoms. The fourth-order valence-corrected chi connectivity index (χ4v) is 2.70. The molecule has 0 amide bonds. The molecular weight excluding hydrogens is 266 g/mol. The zero-order valence-electron chi connectivity index (χ0n) is 11.6. The topological polar surface area (TPSA) is 72.5 Å². The summed E-state index contributed by atoms with van der Waals surface area (Å²) in [5.41, 5.74) is 8.78. The predicted molar refractivity (Wildman–Crippen MR) is 81.0 cm³/mol. The van der Waals surface area contributed by atoms with Gasteiger partial charge in [0.25, 0.3) is 0 Å². The van der Waals surface area contributed by atoms with Crippen molar-refractivity contribution in [3.8, 4) is 11.5 Å². The third-order valence-corrected chi connectivity index (χ3v) is 3.78. The minimum Gasteiger partial charge on any atom is -0.478 e. The van der Waals surface area contributed by atoms with Gasteiger partial charge in [-0.25, -0.2) is 4.79 Å². The van der Waals surface area contributed by atoms with E-state index in [1.165, 1.54) is 30.0 Å². The molecule has 0 aliphatic heterocycles. The van der Waals surface area contributed by atoms with E-state index in [-0.39, 0.29) is 5.56 Å². The van der Waals surface area contributed by atoms with E-state index in [9.17, 15) is 9.90 Å². The van der Waals surface area contributed by atoms with Gasteiger partial charge in [-0.05, 0) is 67.1 Å². The lowest BCUT2D eigenvalue weighted by Crippen LogP contribution is -2.04. The van der Waals surface area contributed by atoms with Crippen molar-refractivity contribution in [3.05, 3.63) is 53.1 Å². The summed E-state index contributed by atoms with van der Waals surface area (Å²) in [4.78, 5) is 11.3. The standard InChI is InChI=1S/C17H17NO3/c18-13-6-8-16(15(10-13)17(19)20)21-14-7-5-11-3-1-2-4-12(11)9-14/h5-10H,1-4,18H2,(H,19,20). The first-order valence-electron chi connectivity index (χ1n) is 7.06. The molecule has 0 unspecified atom stereocenters. The summed E-state index contributed by atoms with van der Waals surface area (Å²) in [6.45, 7) is 0. The number of benzene rings is 2. The molecule has 4 heteroatoms. The van der Waals surface area contributed by atoms with Crippen LogP contribution in [0.4, 0.5) is 5.69 Å². The molecule has 3 N–H and O–H groups in total. The Hall–Kier alpha value is -2.49. The fraction of sp³-hybridized carbons (Fsp3) is 0.235. The highest BCUT2D eigenvalue weighted by Crippen LogP contribution is 2.30. The van der Waals surface area contributed by atoms with Gasteiger partial charge in [-0.1, -0.05) is 6.07 Å². The first-order valence-corrected chi connectivity index (χ1v) is 7.06. The number of carboxylic acids is 1. The van der Waals surface area contributed by atoms with Crippen molar-refractivity contribution in [3.63, 3.8) is 0 Å². The molecule has 4 nitrogen and oxygen atoms in total. The van der Waals surface area contributed by atoms with Crippen LogP contribution in [0, 0.1) is 0 Å². The maximum Gasteiger partial charge on any atom is 0.339 e. The Balaban J connectivity index is 1.92. The Labute approximate surface area is 123 Å². The maximum atomic E-state index is 11.3. The SMILES string of the molecule is Nc1ccc(Oc2ccc3c(c2)CCCC3)c(C(=O)O)c1. The van der Waals surface area contributed by atoms with Crippen molar-refractivity contribution >= 4 is 11.7 Å². The molecule has 21 heavy (non-hydrogen) atoms. The Morgan fingerprint density at radius 1 is 1.05 bits per heavy atom. The largest absolute Gasteiger partial charge is 0.478 e. The number of hydrogen-bond acceptors (Lipinski definition) is 3. The average molecular weight is 283 g/mol. The number of fused-ring (bicyclic) bond motifs is 1. The van der Waals surface area contributed by atoms with E-state index in [1.54, 1.807) is 12.1 Å². The van der Waals surface area contributed by atoms with Gasteiger partial charge in [0.05, 0.1) is 0 Å². The first kappa shape index (κ1) is 13.5. The van der Waals surface area contributed by atoms with Gasteiger partial charge in [-0.3, -0.25) is 0 Å². The monoisotopic (exact) mass is 283 g/mol. The van der Waals surface area contributed by atoms with Gasteiger partial charge in [0.1, 0.15) is 17.1 Å². The lowest BCUT2D eigenvalue weighted by molar-refractivity contribution is 0.0694. The lowest BCUT2D eigenvalue weighted by atomic mass is 9.92. The molecule has 1 aliphatic rings. The van der Waals surface area contributed by atoms with E-state index in [4.69, 9.17) is 10.5 Å². The van der Waals surface area contributed by atoms with Crippen LogP contribution in [0.25, 0.3) is 0 Å². The normalized spacial score (nSPS) is 13.5. The number of carboxylic acid groups (broad SMARTS) is 1. The van der Waals surface area contributed by atoms with E-state index in [0.29, 0.717) is 17.2 Å². The maximum absolute atomic E-state index is 11.3. The van der Waals surface area contributed by atoms with Crippen molar-refractivity contribution in [1.82, 2.24) is 0 Å². The second-order valence-corrected chi connectivity index (χ2v) is 5.30.